The van der Waals surface area contributed by atoms with Gasteiger partial charge in [-0.3, -0.25) is 19.2 Å². The maximum absolute atomic E-state index is 13.6. The van der Waals surface area contributed by atoms with Crippen LogP contribution >= 0.6 is 12.6 Å². The molecular formula is C23H29N5O7S. The molecule has 1 aliphatic heterocycles. The van der Waals surface area contributed by atoms with Crippen molar-refractivity contribution >= 4 is 53.2 Å². The van der Waals surface area contributed by atoms with E-state index >= 15 is 0 Å². The van der Waals surface area contributed by atoms with E-state index in [9.17, 15) is 29.1 Å². The molecule has 194 valence electrons. The topological polar surface area (TPSA) is 195 Å². The lowest BCUT2D eigenvalue weighted by molar-refractivity contribution is -0.148. The Kier molecular flexibility index (Phi) is 8.93. The van der Waals surface area contributed by atoms with Crippen LogP contribution in [0.3, 0.4) is 0 Å². The van der Waals surface area contributed by atoms with Gasteiger partial charge in [0.2, 0.25) is 17.7 Å². The number of nitrogens with two attached hydrogens (primary N) is 1. The molecule has 4 atom stereocenters. The highest BCUT2D eigenvalue weighted by Crippen LogP contribution is 2.23. The van der Waals surface area contributed by atoms with E-state index in [-0.39, 0.29) is 25.1 Å². The number of nitrogens with one attached hydrogen (secondary N) is 3. The molecule has 2 heterocycles. The number of aromatic amines is 1. The van der Waals surface area contributed by atoms with Gasteiger partial charge in [0.05, 0.1) is 12.5 Å². The van der Waals surface area contributed by atoms with Gasteiger partial charge >= 0.3 is 11.9 Å². The number of aliphatic carboxylic acids is 2. The molecular weight excluding hydrogens is 490 g/mol. The van der Waals surface area contributed by atoms with Crippen LogP contribution in [0.5, 0.6) is 0 Å². The van der Waals surface area contributed by atoms with Crippen LogP contribution in [0.1, 0.15) is 24.8 Å². The number of carboxylic acids is 2. The average Bonchev–Trinajstić information content (AvgIpc) is 3.49. The lowest BCUT2D eigenvalue weighted by atomic mass is 10.0. The maximum Gasteiger partial charge on any atom is 0.326 e. The molecule has 0 bridgehead atoms. The zero-order chi connectivity index (χ0) is 26.4. The summed E-state index contributed by atoms with van der Waals surface area (Å²) in [4.78, 5) is 65.8. The number of likely N-dealkylation sites (tertiary alicyclic amines) is 1. The summed E-state index contributed by atoms with van der Waals surface area (Å²) in [6.45, 7) is 0.215. The first-order valence-corrected chi connectivity index (χ1v) is 12.0. The highest BCUT2D eigenvalue weighted by atomic mass is 32.1. The third-order valence-electron chi connectivity index (χ3n) is 6.08. The number of hydrogen-bond acceptors (Lipinski definition) is 7. The van der Waals surface area contributed by atoms with Crippen LogP contribution in [0.2, 0.25) is 0 Å². The van der Waals surface area contributed by atoms with Gasteiger partial charge in [0.1, 0.15) is 18.1 Å². The van der Waals surface area contributed by atoms with Crippen molar-refractivity contribution < 1.29 is 34.2 Å². The number of carboxylic acid groups (broad SMARTS) is 2. The van der Waals surface area contributed by atoms with E-state index in [1.807, 2.05) is 24.3 Å². The number of carbonyl (C=O) groups is 5. The van der Waals surface area contributed by atoms with E-state index < -0.39 is 60.2 Å². The molecule has 4 unspecified atom stereocenters. The fraction of sp³-hybridized carbons (Fsp3) is 0.435. The molecule has 1 aromatic carbocycles. The molecule has 0 spiro atoms. The summed E-state index contributed by atoms with van der Waals surface area (Å²) in [7, 11) is 0. The number of amides is 3. The van der Waals surface area contributed by atoms with Crippen molar-refractivity contribution in [3.8, 4) is 0 Å². The maximum atomic E-state index is 13.6. The lowest BCUT2D eigenvalue weighted by Gasteiger charge is -2.29. The van der Waals surface area contributed by atoms with Gasteiger partial charge in [-0.1, -0.05) is 18.2 Å². The molecule has 3 rings (SSSR count). The largest absolute Gasteiger partial charge is 0.481 e. The predicted molar refractivity (Wildman–Crippen MR) is 132 cm³/mol. The van der Waals surface area contributed by atoms with E-state index in [4.69, 9.17) is 10.8 Å². The van der Waals surface area contributed by atoms with E-state index in [2.05, 4.69) is 28.2 Å². The van der Waals surface area contributed by atoms with Gasteiger partial charge in [0, 0.05) is 35.8 Å². The Bertz CT molecular complexity index is 1150. The van der Waals surface area contributed by atoms with Gasteiger partial charge in [-0.2, -0.15) is 12.6 Å². The Morgan fingerprint density at radius 3 is 2.53 bits per heavy atom. The minimum Gasteiger partial charge on any atom is -0.481 e. The van der Waals surface area contributed by atoms with Crippen molar-refractivity contribution in [2.45, 2.75) is 49.9 Å². The number of carbonyl (C=O) groups excluding carboxylic acids is 3. The summed E-state index contributed by atoms with van der Waals surface area (Å²) < 4.78 is 0. The molecule has 36 heavy (non-hydrogen) atoms. The lowest BCUT2D eigenvalue weighted by Crippen LogP contribution is -2.57. The quantitative estimate of drug-likeness (QED) is 0.193. The van der Waals surface area contributed by atoms with Crippen LogP contribution in [-0.4, -0.2) is 86.2 Å². The zero-order valence-corrected chi connectivity index (χ0v) is 20.2. The first kappa shape index (κ1) is 27.0. The second-order valence-electron chi connectivity index (χ2n) is 8.60. The number of fused-ring (bicyclic) bond motifs is 1. The van der Waals surface area contributed by atoms with Crippen molar-refractivity contribution in [2.75, 3.05) is 12.3 Å². The number of nitrogens with zero attached hydrogens (tertiary/aromatic N) is 1. The van der Waals surface area contributed by atoms with Gasteiger partial charge in [-0.05, 0) is 24.5 Å². The summed E-state index contributed by atoms with van der Waals surface area (Å²) >= 11 is 4.04. The van der Waals surface area contributed by atoms with Crippen molar-refractivity contribution in [1.29, 1.82) is 0 Å². The number of para-hydroxylation sites is 1. The van der Waals surface area contributed by atoms with E-state index in [1.165, 1.54) is 4.90 Å². The minimum atomic E-state index is -1.64. The Morgan fingerprint density at radius 2 is 1.86 bits per heavy atom. The van der Waals surface area contributed by atoms with Crippen LogP contribution in [0, 0.1) is 0 Å². The third kappa shape index (κ3) is 6.34. The summed E-state index contributed by atoms with van der Waals surface area (Å²) in [5.74, 6) is -4.68. The van der Waals surface area contributed by atoms with E-state index in [0.717, 1.165) is 16.5 Å². The van der Waals surface area contributed by atoms with Crippen molar-refractivity contribution in [1.82, 2.24) is 20.5 Å². The molecule has 13 heteroatoms. The summed E-state index contributed by atoms with van der Waals surface area (Å²) in [5.41, 5.74) is 7.42. The summed E-state index contributed by atoms with van der Waals surface area (Å²) in [6, 6.07) is 2.83. The first-order valence-electron chi connectivity index (χ1n) is 11.4. The number of hydrogen-bond donors (Lipinski definition) is 7. The van der Waals surface area contributed by atoms with Crippen LogP contribution in [-0.2, 0) is 30.4 Å². The second-order valence-corrected chi connectivity index (χ2v) is 8.97. The molecule has 1 fully saturated rings. The molecule has 3 amide bonds. The zero-order valence-electron chi connectivity index (χ0n) is 19.3. The minimum absolute atomic E-state index is 0.0642. The normalized spacial score (nSPS) is 17.8. The summed E-state index contributed by atoms with van der Waals surface area (Å²) in [5, 5.41) is 23.9. The van der Waals surface area contributed by atoms with Gasteiger partial charge in [-0.15, -0.1) is 0 Å². The third-order valence-corrected chi connectivity index (χ3v) is 6.47. The number of benzene rings is 1. The highest BCUT2D eigenvalue weighted by molar-refractivity contribution is 7.80. The molecule has 0 aliphatic carbocycles. The SMILES string of the molecule is NC(CS)C(=O)NC(Cc1c[nH]c2ccccc12)C(=O)N1CCCC1C(=O)NC(CC(=O)O)C(=O)O. The second kappa shape index (κ2) is 11.9. The fourth-order valence-electron chi connectivity index (χ4n) is 4.23. The van der Waals surface area contributed by atoms with E-state index in [0.29, 0.717) is 6.42 Å². The summed E-state index contributed by atoms with van der Waals surface area (Å²) in [6.07, 6.45) is 1.80. The predicted octanol–water partition coefficient (Wildman–Crippen LogP) is -0.513. The molecule has 1 aromatic heterocycles. The van der Waals surface area contributed by atoms with Gasteiger partial charge in [0.15, 0.2) is 0 Å². The molecule has 0 saturated carbocycles. The van der Waals surface area contributed by atoms with Crippen molar-refractivity contribution in [2.24, 2.45) is 5.73 Å². The molecule has 12 nitrogen and oxygen atoms in total. The molecule has 7 N–H and O–H groups in total. The highest BCUT2D eigenvalue weighted by Gasteiger charge is 2.39. The number of aromatic nitrogens is 1. The molecule has 0 radical (unpaired) electrons. The smallest absolute Gasteiger partial charge is 0.326 e. The molecule has 1 saturated heterocycles. The van der Waals surface area contributed by atoms with Crippen LogP contribution in [0.4, 0.5) is 0 Å². The number of rotatable bonds is 11. The van der Waals surface area contributed by atoms with Crippen LogP contribution in [0.25, 0.3) is 10.9 Å². The number of thiol groups is 1. The van der Waals surface area contributed by atoms with E-state index in [1.54, 1.807) is 6.20 Å². The molecule has 2 aromatic rings. The van der Waals surface area contributed by atoms with Crippen LogP contribution < -0.4 is 16.4 Å². The first-order chi connectivity index (χ1) is 17.1. The van der Waals surface area contributed by atoms with Gasteiger partial charge in [0.25, 0.3) is 0 Å². The molecule has 1 aliphatic rings. The Labute approximate surface area is 212 Å². The van der Waals surface area contributed by atoms with Gasteiger partial charge in [-0.25, -0.2) is 4.79 Å². The van der Waals surface area contributed by atoms with Crippen molar-refractivity contribution in [3.63, 3.8) is 0 Å². The monoisotopic (exact) mass is 519 g/mol. The van der Waals surface area contributed by atoms with Crippen LogP contribution in [0.15, 0.2) is 30.5 Å². The average molecular weight is 520 g/mol. The fourth-order valence-corrected chi connectivity index (χ4v) is 4.39. The van der Waals surface area contributed by atoms with Crippen molar-refractivity contribution in [3.05, 3.63) is 36.0 Å². The van der Waals surface area contributed by atoms with Gasteiger partial charge < -0.3 is 36.5 Å². The Hall–Kier alpha value is -3.58. The Balaban J connectivity index is 1.83. The standard InChI is InChI=1S/C23H29N5O7S/c24-14(11-36)20(31)26-16(8-12-10-25-15-5-2-1-4-13(12)15)22(33)28-7-3-6-18(28)21(32)27-17(23(34)35)9-19(29)30/h1-2,4-5,10,14,16-18,25,36H,3,6-9,11,24H2,(H,26,31)(H,27,32)(H,29,30)(H,34,35). The number of H-pyrrole nitrogens is 1. The Morgan fingerprint density at radius 1 is 1.14 bits per heavy atom.